The van der Waals surface area contributed by atoms with Gasteiger partial charge in [-0.15, -0.1) is 0 Å². The van der Waals surface area contributed by atoms with Gasteiger partial charge in [0.15, 0.2) is 18.2 Å². The van der Waals surface area contributed by atoms with Crippen LogP contribution in [0.4, 0.5) is 10.1 Å². The molecular weight excluding hydrogens is 357 g/mol. The summed E-state index contributed by atoms with van der Waals surface area (Å²) in [5.74, 6) is -0.593. The summed E-state index contributed by atoms with van der Waals surface area (Å²) in [5.41, 5.74) is 1.28. The van der Waals surface area contributed by atoms with Crippen LogP contribution in [0.1, 0.15) is 13.3 Å². The third kappa shape index (κ3) is 5.96. The zero-order valence-corrected chi connectivity index (χ0v) is 16.3. The second kappa shape index (κ2) is 10.1. The van der Waals surface area contributed by atoms with E-state index in [1.165, 1.54) is 17.8 Å². The Balaban J connectivity index is 1.33. The minimum absolute atomic E-state index is 0.0453. The van der Waals surface area contributed by atoms with Crippen molar-refractivity contribution in [1.82, 2.24) is 10.2 Å². The second-order valence-electron chi connectivity index (χ2n) is 7.14. The summed E-state index contributed by atoms with van der Waals surface area (Å²) >= 11 is 0. The maximum atomic E-state index is 13.5. The van der Waals surface area contributed by atoms with Crippen LogP contribution in [-0.2, 0) is 4.79 Å². The maximum absolute atomic E-state index is 13.5. The van der Waals surface area contributed by atoms with E-state index in [9.17, 15) is 9.18 Å². The fraction of sp³-hybridized carbons (Fsp3) is 0.409. The van der Waals surface area contributed by atoms with Crippen LogP contribution in [0.5, 0.6) is 5.75 Å². The number of carbonyl (C=O) groups is 1. The van der Waals surface area contributed by atoms with Gasteiger partial charge in [-0.25, -0.2) is 4.39 Å². The molecule has 0 aliphatic carbocycles. The zero-order chi connectivity index (χ0) is 19.8. The van der Waals surface area contributed by atoms with Crippen LogP contribution in [0, 0.1) is 5.82 Å². The van der Waals surface area contributed by atoms with Gasteiger partial charge >= 0.3 is 0 Å². The van der Waals surface area contributed by atoms with Crippen molar-refractivity contribution in [2.24, 2.45) is 0 Å². The van der Waals surface area contributed by atoms with Crippen molar-refractivity contribution >= 4 is 11.6 Å². The molecule has 28 heavy (non-hydrogen) atoms. The minimum Gasteiger partial charge on any atom is -0.481 e. The number of carbonyl (C=O) groups excluding carboxylic acids is 1. The molecule has 1 fully saturated rings. The Morgan fingerprint density at radius 1 is 1.07 bits per heavy atom. The van der Waals surface area contributed by atoms with Gasteiger partial charge in [0.2, 0.25) is 0 Å². The molecule has 0 spiro atoms. The Bertz CT molecular complexity index is 748. The van der Waals surface area contributed by atoms with E-state index < -0.39 is 5.82 Å². The van der Waals surface area contributed by atoms with E-state index in [-0.39, 0.29) is 24.3 Å². The van der Waals surface area contributed by atoms with Gasteiger partial charge in [0, 0.05) is 44.5 Å². The Morgan fingerprint density at radius 2 is 1.75 bits per heavy atom. The summed E-state index contributed by atoms with van der Waals surface area (Å²) in [4.78, 5) is 16.8. The number of benzene rings is 2. The number of piperazine rings is 1. The minimum atomic E-state index is -0.460. The molecule has 6 heteroatoms. The first-order chi connectivity index (χ1) is 13.6. The summed E-state index contributed by atoms with van der Waals surface area (Å²) < 4.78 is 18.7. The largest absolute Gasteiger partial charge is 0.481 e. The molecule has 2 aromatic rings. The molecule has 1 atom stereocenters. The summed E-state index contributed by atoms with van der Waals surface area (Å²) in [5, 5.41) is 2.92. The fourth-order valence-corrected chi connectivity index (χ4v) is 3.34. The van der Waals surface area contributed by atoms with Crippen LogP contribution in [0.25, 0.3) is 0 Å². The molecule has 1 N–H and O–H groups in total. The lowest BCUT2D eigenvalue weighted by atomic mass is 10.2. The quantitative estimate of drug-likeness (QED) is 0.759. The third-order valence-corrected chi connectivity index (χ3v) is 4.97. The molecule has 1 amide bonds. The van der Waals surface area contributed by atoms with E-state index in [2.05, 4.69) is 39.4 Å². The molecule has 1 saturated heterocycles. The van der Waals surface area contributed by atoms with Crippen molar-refractivity contribution < 1.29 is 13.9 Å². The summed E-state index contributed by atoms with van der Waals surface area (Å²) in [6.07, 6.45) is 0.872. The van der Waals surface area contributed by atoms with Gasteiger partial charge in [-0.2, -0.15) is 0 Å². The van der Waals surface area contributed by atoms with Crippen LogP contribution in [0.15, 0.2) is 54.6 Å². The van der Waals surface area contributed by atoms with Crippen LogP contribution in [0.2, 0.25) is 0 Å². The molecule has 5 nitrogen and oxygen atoms in total. The lowest BCUT2D eigenvalue weighted by Gasteiger charge is -2.36. The van der Waals surface area contributed by atoms with Crippen molar-refractivity contribution in [3.8, 4) is 5.75 Å². The Kier molecular flexibility index (Phi) is 7.25. The van der Waals surface area contributed by atoms with E-state index in [0.29, 0.717) is 0 Å². The Hall–Kier alpha value is -2.60. The molecule has 3 rings (SSSR count). The molecule has 1 aliphatic heterocycles. The smallest absolute Gasteiger partial charge is 0.258 e. The molecule has 1 heterocycles. The number of ether oxygens (including phenoxy) is 1. The highest BCUT2D eigenvalue weighted by atomic mass is 19.1. The average molecular weight is 385 g/mol. The third-order valence-electron chi connectivity index (χ3n) is 4.97. The number of amides is 1. The zero-order valence-electron chi connectivity index (χ0n) is 16.3. The first kappa shape index (κ1) is 20.1. The van der Waals surface area contributed by atoms with Gasteiger partial charge in [0.1, 0.15) is 0 Å². The van der Waals surface area contributed by atoms with E-state index in [1.54, 1.807) is 12.1 Å². The monoisotopic (exact) mass is 385 g/mol. The topological polar surface area (TPSA) is 44.8 Å². The molecule has 1 aliphatic rings. The van der Waals surface area contributed by atoms with Gasteiger partial charge in [-0.05, 0) is 37.6 Å². The van der Waals surface area contributed by atoms with Gasteiger partial charge in [-0.3, -0.25) is 9.69 Å². The van der Waals surface area contributed by atoms with E-state index in [1.807, 2.05) is 13.0 Å². The Labute approximate surface area is 166 Å². The predicted molar refractivity (Wildman–Crippen MR) is 109 cm³/mol. The van der Waals surface area contributed by atoms with Crippen LogP contribution in [0.3, 0.4) is 0 Å². The lowest BCUT2D eigenvalue weighted by Crippen LogP contribution is -2.47. The van der Waals surface area contributed by atoms with Crippen molar-refractivity contribution in [2.45, 2.75) is 19.4 Å². The normalized spacial score (nSPS) is 15.9. The Morgan fingerprint density at radius 3 is 2.46 bits per heavy atom. The lowest BCUT2D eigenvalue weighted by molar-refractivity contribution is -0.123. The summed E-state index contributed by atoms with van der Waals surface area (Å²) in [7, 11) is 0. The predicted octanol–water partition coefficient (Wildman–Crippen LogP) is 2.92. The van der Waals surface area contributed by atoms with Crippen molar-refractivity contribution in [3.63, 3.8) is 0 Å². The SMILES string of the molecule is C[C@@H](CCN1CCN(c2ccccc2)CC1)NC(=O)COc1ccccc1F. The van der Waals surface area contributed by atoms with Gasteiger partial charge in [0.05, 0.1) is 0 Å². The van der Waals surface area contributed by atoms with Crippen molar-refractivity contribution in [1.29, 1.82) is 0 Å². The van der Waals surface area contributed by atoms with Crippen LogP contribution < -0.4 is 15.0 Å². The van der Waals surface area contributed by atoms with E-state index >= 15 is 0 Å². The van der Waals surface area contributed by atoms with Crippen molar-refractivity contribution in [3.05, 3.63) is 60.4 Å². The molecule has 0 aromatic heterocycles. The van der Waals surface area contributed by atoms with Gasteiger partial charge in [0.25, 0.3) is 5.91 Å². The van der Waals surface area contributed by atoms with Gasteiger partial charge < -0.3 is 15.0 Å². The second-order valence-corrected chi connectivity index (χ2v) is 7.14. The van der Waals surface area contributed by atoms with Crippen molar-refractivity contribution in [2.75, 3.05) is 44.2 Å². The number of anilines is 1. The highest BCUT2D eigenvalue weighted by Crippen LogP contribution is 2.16. The number of nitrogens with zero attached hydrogens (tertiary/aromatic N) is 2. The van der Waals surface area contributed by atoms with Crippen LogP contribution in [-0.4, -0.2) is 56.2 Å². The number of nitrogens with one attached hydrogen (secondary N) is 1. The summed E-state index contributed by atoms with van der Waals surface area (Å²) in [6, 6.07) is 16.6. The molecule has 0 bridgehead atoms. The first-order valence-corrected chi connectivity index (χ1v) is 9.81. The number of para-hydroxylation sites is 2. The molecule has 2 aromatic carbocycles. The molecule has 0 radical (unpaired) electrons. The fourth-order valence-electron chi connectivity index (χ4n) is 3.34. The highest BCUT2D eigenvalue weighted by molar-refractivity contribution is 5.77. The summed E-state index contributed by atoms with van der Waals surface area (Å²) in [6.45, 7) is 6.82. The van der Waals surface area contributed by atoms with E-state index in [4.69, 9.17) is 4.74 Å². The molecular formula is C22H28FN3O2. The first-order valence-electron chi connectivity index (χ1n) is 9.81. The van der Waals surface area contributed by atoms with E-state index in [0.717, 1.165) is 39.1 Å². The van der Waals surface area contributed by atoms with Crippen LogP contribution >= 0.6 is 0 Å². The average Bonchev–Trinajstić information content (AvgIpc) is 2.73. The number of hydrogen-bond donors (Lipinski definition) is 1. The molecule has 0 saturated carbocycles. The number of rotatable bonds is 8. The van der Waals surface area contributed by atoms with Gasteiger partial charge in [-0.1, -0.05) is 30.3 Å². The standard InChI is InChI=1S/C22H28FN3O2/c1-18(24-22(27)17-28-21-10-6-5-9-20(21)23)11-12-25-13-15-26(16-14-25)19-7-3-2-4-8-19/h2-10,18H,11-17H2,1H3,(H,24,27)/t18-/m0/s1. The number of halogens is 1. The molecule has 0 unspecified atom stereocenters. The number of hydrogen-bond acceptors (Lipinski definition) is 4. The highest BCUT2D eigenvalue weighted by Gasteiger charge is 2.18. The molecule has 150 valence electrons. The maximum Gasteiger partial charge on any atom is 0.258 e.